The molecule has 0 aliphatic carbocycles. The van der Waals surface area contributed by atoms with E-state index < -0.39 is 0 Å². The van der Waals surface area contributed by atoms with Gasteiger partial charge in [-0.2, -0.15) is 0 Å². The SMILES string of the molecule is COCCCNc1ccnc(C(=O)NCc2ccccc2Cl)c1. The number of ether oxygens (including phenoxy) is 1. The van der Waals surface area contributed by atoms with Crippen molar-refractivity contribution in [3.8, 4) is 0 Å². The Morgan fingerprint density at radius 2 is 2.13 bits per heavy atom. The zero-order valence-electron chi connectivity index (χ0n) is 13.0. The molecule has 0 atom stereocenters. The first kappa shape index (κ1) is 17.2. The summed E-state index contributed by atoms with van der Waals surface area (Å²) >= 11 is 6.07. The van der Waals surface area contributed by atoms with E-state index in [1.54, 1.807) is 25.4 Å². The zero-order chi connectivity index (χ0) is 16.5. The van der Waals surface area contributed by atoms with Crippen LogP contribution in [0.1, 0.15) is 22.5 Å². The molecule has 0 radical (unpaired) electrons. The molecule has 23 heavy (non-hydrogen) atoms. The second kappa shape index (κ2) is 9.12. The van der Waals surface area contributed by atoms with E-state index in [2.05, 4.69) is 15.6 Å². The molecule has 0 aliphatic rings. The Kier molecular flexibility index (Phi) is 6.84. The first-order valence-electron chi connectivity index (χ1n) is 7.41. The normalized spacial score (nSPS) is 10.3. The fourth-order valence-electron chi connectivity index (χ4n) is 2.02. The summed E-state index contributed by atoms with van der Waals surface area (Å²) < 4.78 is 5.00. The highest BCUT2D eigenvalue weighted by atomic mass is 35.5. The smallest absolute Gasteiger partial charge is 0.270 e. The third kappa shape index (κ3) is 5.54. The number of nitrogens with zero attached hydrogens (tertiary/aromatic N) is 1. The number of amides is 1. The van der Waals surface area contributed by atoms with Crippen LogP contribution in [0.5, 0.6) is 0 Å². The summed E-state index contributed by atoms with van der Waals surface area (Å²) in [6.07, 6.45) is 2.51. The van der Waals surface area contributed by atoms with Crippen LogP contribution in [0.15, 0.2) is 42.6 Å². The number of carbonyl (C=O) groups excluding carboxylic acids is 1. The number of aromatic nitrogens is 1. The fraction of sp³-hybridized carbons (Fsp3) is 0.294. The Hall–Kier alpha value is -2.11. The van der Waals surface area contributed by atoms with Gasteiger partial charge in [-0.1, -0.05) is 29.8 Å². The molecule has 1 aromatic heterocycles. The van der Waals surface area contributed by atoms with Gasteiger partial charge in [0.15, 0.2) is 0 Å². The van der Waals surface area contributed by atoms with E-state index in [4.69, 9.17) is 16.3 Å². The molecule has 0 aliphatic heterocycles. The maximum atomic E-state index is 12.2. The third-order valence-electron chi connectivity index (χ3n) is 3.24. The molecule has 1 amide bonds. The molecular formula is C17H20ClN3O2. The van der Waals surface area contributed by atoms with E-state index >= 15 is 0 Å². The summed E-state index contributed by atoms with van der Waals surface area (Å²) in [5.41, 5.74) is 2.10. The van der Waals surface area contributed by atoms with E-state index in [9.17, 15) is 4.79 Å². The number of nitrogens with one attached hydrogen (secondary N) is 2. The van der Waals surface area contributed by atoms with Gasteiger partial charge in [0.25, 0.3) is 5.91 Å². The van der Waals surface area contributed by atoms with Crippen LogP contribution in [0.4, 0.5) is 5.69 Å². The monoisotopic (exact) mass is 333 g/mol. The molecule has 1 heterocycles. The maximum absolute atomic E-state index is 12.2. The second-order valence-corrected chi connectivity index (χ2v) is 5.38. The van der Waals surface area contributed by atoms with Crippen LogP contribution in [0.25, 0.3) is 0 Å². The van der Waals surface area contributed by atoms with Gasteiger partial charge in [-0.25, -0.2) is 0 Å². The lowest BCUT2D eigenvalue weighted by Crippen LogP contribution is -2.24. The number of halogens is 1. The van der Waals surface area contributed by atoms with E-state index in [-0.39, 0.29) is 5.91 Å². The van der Waals surface area contributed by atoms with Gasteiger partial charge in [-0.15, -0.1) is 0 Å². The van der Waals surface area contributed by atoms with Crippen molar-refractivity contribution in [3.05, 3.63) is 58.9 Å². The van der Waals surface area contributed by atoms with Crippen LogP contribution >= 0.6 is 11.6 Å². The molecule has 122 valence electrons. The van der Waals surface area contributed by atoms with Gasteiger partial charge in [0, 0.05) is 43.7 Å². The van der Waals surface area contributed by atoms with Crippen LogP contribution in [-0.4, -0.2) is 31.2 Å². The van der Waals surface area contributed by atoms with Gasteiger partial charge in [0.2, 0.25) is 0 Å². The van der Waals surface area contributed by atoms with Gasteiger partial charge in [0.05, 0.1) is 0 Å². The van der Waals surface area contributed by atoms with Crippen molar-refractivity contribution in [3.63, 3.8) is 0 Å². The highest BCUT2D eigenvalue weighted by Gasteiger charge is 2.08. The summed E-state index contributed by atoms with van der Waals surface area (Å²) in [5.74, 6) is -0.231. The molecule has 0 spiro atoms. The first-order valence-corrected chi connectivity index (χ1v) is 7.79. The fourth-order valence-corrected chi connectivity index (χ4v) is 2.22. The van der Waals surface area contributed by atoms with Crippen molar-refractivity contribution in [1.82, 2.24) is 10.3 Å². The van der Waals surface area contributed by atoms with Gasteiger partial charge >= 0.3 is 0 Å². The molecule has 2 rings (SSSR count). The predicted molar refractivity (Wildman–Crippen MR) is 91.8 cm³/mol. The largest absolute Gasteiger partial charge is 0.385 e. The quantitative estimate of drug-likeness (QED) is 0.729. The van der Waals surface area contributed by atoms with Gasteiger partial charge in [-0.3, -0.25) is 9.78 Å². The summed E-state index contributed by atoms with van der Waals surface area (Å²) in [7, 11) is 1.67. The number of hydrogen-bond acceptors (Lipinski definition) is 4. The minimum Gasteiger partial charge on any atom is -0.385 e. The standard InChI is InChI=1S/C17H20ClN3O2/c1-23-10-4-8-19-14-7-9-20-16(11-14)17(22)21-12-13-5-2-3-6-15(13)18/h2-3,5-7,9,11H,4,8,10,12H2,1H3,(H,19,20)(H,21,22). The number of methoxy groups -OCH3 is 1. The number of anilines is 1. The van der Waals surface area contributed by atoms with Crippen LogP contribution in [0, 0.1) is 0 Å². The molecule has 0 fully saturated rings. The Bertz CT molecular complexity index is 649. The number of hydrogen-bond donors (Lipinski definition) is 2. The van der Waals surface area contributed by atoms with Crippen molar-refractivity contribution in [2.24, 2.45) is 0 Å². The minimum absolute atomic E-state index is 0.231. The van der Waals surface area contributed by atoms with Crippen molar-refractivity contribution in [2.75, 3.05) is 25.6 Å². The van der Waals surface area contributed by atoms with Crippen molar-refractivity contribution in [2.45, 2.75) is 13.0 Å². The zero-order valence-corrected chi connectivity index (χ0v) is 13.8. The van der Waals surface area contributed by atoms with Gasteiger partial charge in [-0.05, 0) is 30.2 Å². The predicted octanol–water partition coefficient (Wildman–Crippen LogP) is 3.11. The molecule has 1 aromatic carbocycles. The molecule has 6 heteroatoms. The molecule has 2 aromatic rings. The van der Waals surface area contributed by atoms with Gasteiger partial charge < -0.3 is 15.4 Å². The lowest BCUT2D eigenvalue weighted by atomic mass is 10.2. The molecule has 5 nitrogen and oxygen atoms in total. The molecule has 0 bridgehead atoms. The molecule has 0 saturated heterocycles. The van der Waals surface area contributed by atoms with E-state index in [1.165, 1.54) is 0 Å². The summed E-state index contributed by atoms with van der Waals surface area (Å²) in [6, 6.07) is 11.0. The maximum Gasteiger partial charge on any atom is 0.270 e. The number of rotatable bonds is 8. The van der Waals surface area contributed by atoms with Crippen LogP contribution in [0.2, 0.25) is 5.02 Å². The highest BCUT2D eigenvalue weighted by Crippen LogP contribution is 2.14. The summed E-state index contributed by atoms with van der Waals surface area (Å²) in [5, 5.41) is 6.70. The van der Waals surface area contributed by atoms with E-state index in [0.717, 1.165) is 24.2 Å². The summed E-state index contributed by atoms with van der Waals surface area (Å²) in [6.45, 7) is 1.84. The molecular weight excluding hydrogens is 314 g/mol. The first-order chi connectivity index (χ1) is 11.2. The minimum atomic E-state index is -0.231. The van der Waals surface area contributed by atoms with E-state index in [1.807, 2.05) is 24.3 Å². The lowest BCUT2D eigenvalue weighted by Gasteiger charge is -2.09. The van der Waals surface area contributed by atoms with Gasteiger partial charge in [0.1, 0.15) is 5.69 Å². The Morgan fingerprint density at radius 3 is 2.91 bits per heavy atom. The third-order valence-corrected chi connectivity index (χ3v) is 3.61. The average Bonchev–Trinajstić information content (AvgIpc) is 2.58. The van der Waals surface area contributed by atoms with Crippen molar-refractivity contribution >= 4 is 23.2 Å². The molecule has 2 N–H and O–H groups in total. The number of benzene rings is 1. The van der Waals surface area contributed by atoms with E-state index in [0.29, 0.717) is 23.9 Å². The van der Waals surface area contributed by atoms with Crippen molar-refractivity contribution in [1.29, 1.82) is 0 Å². The Balaban J connectivity index is 1.90. The Morgan fingerprint density at radius 1 is 1.30 bits per heavy atom. The van der Waals surface area contributed by atoms with Crippen molar-refractivity contribution < 1.29 is 9.53 Å². The summed E-state index contributed by atoms with van der Waals surface area (Å²) in [4.78, 5) is 16.3. The van der Waals surface area contributed by atoms with Crippen LogP contribution in [-0.2, 0) is 11.3 Å². The highest BCUT2D eigenvalue weighted by molar-refractivity contribution is 6.31. The second-order valence-electron chi connectivity index (χ2n) is 4.98. The number of carbonyl (C=O) groups is 1. The Labute approximate surface area is 141 Å². The van der Waals surface area contributed by atoms with Crippen LogP contribution in [0.3, 0.4) is 0 Å². The molecule has 0 saturated carbocycles. The number of pyridine rings is 1. The molecule has 0 unspecified atom stereocenters. The average molecular weight is 334 g/mol. The van der Waals surface area contributed by atoms with Crippen LogP contribution < -0.4 is 10.6 Å². The lowest BCUT2D eigenvalue weighted by molar-refractivity contribution is 0.0946. The topological polar surface area (TPSA) is 63.2 Å².